The summed E-state index contributed by atoms with van der Waals surface area (Å²) < 4.78 is 33.5. The highest BCUT2D eigenvalue weighted by molar-refractivity contribution is 7.89. The summed E-state index contributed by atoms with van der Waals surface area (Å²) in [5.74, 6) is 0.999. The Bertz CT molecular complexity index is 610. The first kappa shape index (κ1) is 16.3. The summed E-state index contributed by atoms with van der Waals surface area (Å²) in [5, 5.41) is 0. The molecule has 1 aromatic carbocycles. The minimum Gasteiger partial charge on any atom is -0.496 e. The van der Waals surface area contributed by atoms with Crippen LogP contribution >= 0.6 is 0 Å². The molecule has 0 unspecified atom stereocenters. The van der Waals surface area contributed by atoms with Crippen LogP contribution in [0.2, 0.25) is 0 Å². The van der Waals surface area contributed by atoms with Crippen LogP contribution in [0.5, 0.6) is 5.75 Å². The van der Waals surface area contributed by atoms with E-state index in [0.29, 0.717) is 16.6 Å². The van der Waals surface area contributed by atoms with Crippen molar-refractivity contribution in [2.75, 3.05) is 7.11 Å². The normalized spacial score (nSPS) is 23.0. The van der Waals surface area contributed by atoms with E-state index in [1.54, 1.807) is 13.2 Å². The summed E-state index contributed by atoms with van der Waals surface area (Å²) in [7, 11) is -1.94. The van der Waals surface area contributed by atoms with Crippen molar-refractivity contribution >= 4 is 10.0 Å². The molecule has 0 radical (unpaired) electrons. The Morgan fingerprint density at radius 3 is 2.43 bits per heavy atom. The van der Waals surface area contributed by atoms with Gasteiger partial charge in [-0.25, -0.2) is 13.1 Å². The number of aryl methyl sites for hydroxylation is 2. The zero-order chi connectivity index (χ0) is 15.6. The summed E-state index contributed by atoms with van der Waals surface area (Å²) in [4.78, 5) is 0.322. The summed E-state index contributed by atoms with van der Waals surface area (Å²) in [6.07, 6.45) is 4.29. The number of sulfonamides is 1. The highest BCUT2D eigenvalue weighted by atomic mass is 32.2. The van der Waals surface area contributed by atoms with Gasteiger partial charge in [-0.1, -0.05) is 25.8 Å². The van der Waals surface area contributed by atoms with E-state index in [4.69, 9.17) is 4.74 Å². The molecule has 0 aliphatic heterocycles. The van der Waals surface area contributed by atoms with E-state index in [-0.39, 0.29) is 6.04 Å². The maximum Gasteiger partial charge on any atom is 0.241 e. The molecule has 21 heavy (non-hydrogen) atoms. The van der Waals surface area contributed by atoms with E-state index in [2.05, 4.69) is 11.6 Å². The lowest BCUT2D eigenvalue weighted by Gasteiger charge is -2.29. The number of ether oxygens (including phenoxy) is 1. The van der Waals surface area contributed by atoms with E-state index in [9.17, 15) is 8.42 Å². The minimum absolute atomic E-state index is 0.0375. The number of hydrogen-bond acceptors (Lipinski definition) is 3. The lowest BCUT2D eigenvalue weighted by atomic mass is 9.87. The fourth-order valence-corrected chi connectivity index (χ4v) is 4.70. The van der Waals surface area contributed by atoms with Crippen molar-refractivity contribution in [2.45, 2.75) is 57.4 Å². The molecule has 1 N–H and O–H groups in total. The molecule has 4 nitrogen and oxygen atoms in total. The van der Waals surface area contributed by atoms with Crippen LogP contribution < -0.4 is 9.46 Å². The van der Waals surface area contributed by atoms with Crippen LogP contribution in [-0.2, 0) is 10.0 Å². The Kier molecular flexibility index (Phi) is 4.94. The van der Waals surface area contributed by atoms with Gasteiger partial charge in [0.1, 0.15) is 5.75 Å². The minimum atomic E-state index is -3.50. The van der Waals surface area contributed by atoms with Crippen LogP contribution in [0.25, 0.3) is 0 Å². The first-order chi connectivity index (χ1) is 9.85. The van der Waals surface area contributed by atoms with Crippen LogP contribution in [0.15, 0.2) is 17.0 Å². The molecule has 118 valence electrons. The van der Waals surface area contributed by atoms with Crippen molar-refractivity contribution in [1.82, 2.24) is 4.72 Å². The number of benzene rings is 1. The van der Waals surface area contributed by atoms with Crippen LogP contribution in [-0.4, -0.2) is 21.6 Å². The molecule has 1 saturated carbocycles. The molecular weight excluding hydrogens is 286 g/mol. The van der Waals surface area contributed by atoms with E-state index >= 15 is 0 Å². The van der Waals surface area contributed by atoms with Crippen molar-refractivity contribution in [2.24, 2.45) is 5.92 Å². The van der Waals surface area contributed by atoms with Gasteiger partial charge in [0.2, 0.25) is 10.0 Å². The molecule has 1 aliphatic rings. The Hall–Kier alpha value is -1.07. The fourth-order valence-electron chi connectivity index (χ4n) is 3.08. The topological polar surface area (TPSA) is 55.4 Å². The number of methoxy groups -OCH3 is 1. The molecular formula is C16H25NO3S. The van der Waals surface area contributed by atoms with E-state index in [1.807, 2.05) is 19.9 Å². The Morgan fingerprint density at radius 1 is 1.14 bits per heavy atom. The zero-order valence-electron chi connectivity index (χ0n) is 13.3. The predicted molar refractivity (Wildman–Crippen MR) is 84.2 cm³/mol. The zero-order valence-corrected chi connectivity index (χ0v) is 14.1. The molecule has 0 bridgehead atoms. The number of nitrogens with one attached hydrogen (secondary N) is 1. The van der Waals surface area contributed by atoms with Crippen LogP contribution in [0, 0.1) is 19.8 Å². The summed E-state index contributed by atoms with van der Waals surface area (Å²) in [5.41, 5.74) is 1.70. The highest BCUT2D eigenvalue weighted by Crippen LogP contribution is 2.28. The smallest absolute Gasteiger partial charge is 0.241 e. The summed E-state index contributed by atoms with van der Waals surface area (Å²) >= 11 is 0. The van der Waals surface area contributed by atoms with Gasteiger partial charge in [-0.3, -0.25) is 0 Å². The van der Waals surface area contributed by atoms with Crippen LogP contribution in [0.3, 0.4) is 0 Å². The van der Waals surface area contributed by atoms with Crippen molar-refractivity contribution in [3.05, 3.63) is 23.3 Å². The van der Waals surface area contributed by atoms with Gasteiger partial charge in [-0.2, -0.15) is 0 Å². The third-order valence-electron chi connectivity index (χ3n) is 4.40. The van der Waals surface area contributed by atoms with Gasteiger partial charge in [0.05, 0.1) is 12.0 Å². The Morgan fingerprint density at radius 2 is 1.81 bits per heavy atom. The SMILES string of the molecule is COc1cc(S(=O)(=O)N[C@H]2CCCC[C@@H]2C)c(C)cc1C. The summed E-state index contributed by atoms with van der Waals surface area (Å²) in [6.45, 7) is 5.86. The fraction of sp³-hybridized carbons (Fsp3) is 0.625. The lowest BCUT2D eigenvalue weighted by Crippen LogP contribution is -2.41. The Labute approximate surface area is 127 Å². The average molecular weight is 311 g/mol. The van der Waals surface area contributed by atoms with Crippen molar-refractivity contribution in [3.63, 3.8) is 0 Å². The van der Waals surface area contributed by atoms with Crippen molar-refractivity contribution < 1.29 is 13.2 Å². The van der Waals surface area contributed by atoms with Gasteiger partial charge in [0.25, 0.3) is 0 Å². The summed E-state index contributed by atoms with van der Waals surface area (Å²) in [6, 6.07) is 3.52. The molecule has 1 fully saturated rings. The maximum atomic E-state index is 12.7. The second kappa shape index (κ2) is 6.36. The largest absolute Gasteiger partial charge is 0.496 e. The van der Waals surface area contributed by atoms with Gasteiger partial charge in [0, 0.05) is 12.1 Å². The second-order valence-corrected chi connectivity index (χ2v) is 7.76. The first-order valence-corrected chi connectivity index (χ1v) is 9.01. The molecule has 0 saturated heterocycles. The molecule has 0 aromatic heterocycles. The van der Waals surface area contributed by atoms with Gasteiger partial charge in [0.15, 0.2) is 0 Å². The third kappa shape index (κ3) is 3.58. The Balaban J connectivity index is 2.31. The lowest BCUT2D eigenvalue weighted by molar-refractivity contribution is 0.310. The molecule has 0 spiro atoms. The average Bonchev–Trinajstić information content (AvgIpc) is 2.41. The first-order valence-electron chi connectivity index (χ1n) is 7.52. The molecule has 0 heterocycles. The number of hydrogen-bond donors (Lipinski definition) is 1. The molecule has 0 amide bonds. The van der Waals surface area contributed by atoms with E-state index < -0.39 is 10.0 Å². The monoisotopic (exact) mass is 311 g/mol. The van der Waals surface area contributed by atoms with Crippen LogP contribution in [0.4, 0.5) is 0 Å². The van der Waals surface area contributed by atoms with E-state index in [0.717, 1.165) is 30.4 Å². The quantitative estimate of drug-likeness (QED) is 0.929. The van der Waals surface area contributed by atoms with Gasteiger partial charge in [-0.15, -0.1) is 0 Å². The van der Waals surface area contributed by atoms with Crippen molar-refractivity contribution in [1.29, 1.82) is 0 Å². The molecule has 5 heteroatoms. The molecule has 1 aliphatic carbocycles. The number of rotatable bonds is 4. The molecule has 1 aromatic rings. The van der Waals surface area contributed by atoms with E-state index in [1.165, 1.54) is 6.42 Å². The van der Waals surface area contributed by atoms with Crippen LogP contribution in [0.1, 0.15) is 43.7 Å². The van der Waals surface area contributed by atoms with Gasteiger partial charge in [-0.05, 0) is 43.7 Å². The maximum absolute atomic E-state index is 12.7. The molecule has 2 atom stereocenters. The third-order valence-corrected chi connectivity index (χ3v) is 6.03. The molecule has 2 rings (SSSR count). The highest BCUT2D eigenvalue weighted by Gasteiger charge is 2.28. The predicted octanol–water partition coefficient (Wildman–Crippen LogP) is 3.17. The van der Waals surface area contributed by atoms with Gasteiger partial charge < -0.3 is 4.74 Å². The second-order valence-electron chi connectivity index (χ2n) is 6.08. The van der Waals surface area contributed by atoms with Gasteiger partial charge >= 0.3 is 0 Å². The van der Waals surface area contributed by atoms with Crippen molar-refractivity contribution in [3.8, 4) is 5.75 Å². The standard InChI is InChI=1S/C16H25NO3S/c1-11-7-5-6-8-14(11)17-21(18,19)16-10-15(20-4)12(2)9-13(16)3/h9-11,14,17H,5-8H2,1-4H3/t11-,14-/m0/s1.